The van der Waals surface area contributed by atoms with Crippen molar-refractivity contribution in [2.75, 3.05) is 0 Å². The van der Waals surface area contributed by atoms with Crippen LogP contribution in [0.25, 0.3) is 0 Å². The summed E-state index contributed by atoms with van der Waals surface area (Å²) in [5.74, 6) is 0. The minimum absolute atomic E-state index is 0.247. The zero-order valence-electron chi connectivity index (χ0n) is 13.7. The lowest BCUT2D eigenvalue weighted by molar-refractivity contribution is 0.164. The van der Waals surface area contributed by atoms with Gasteiger partial charge in [-0.25, -0.2) is 0 Å². The predicted molar refractivity (Wildman–Crippen MR) is 103 cm³/mol. The van der Waals surface area contributed by atoms with Crippen LogP contribution in [0.15, 0.2) is 80.3 Å². The summed E-state index contributed by atoms with van der Waals surface area (Å²) in [5, 5.41) is 10.1. The highest BCUT2D eigenvalue weighted by Gasteiger charge is 2.11. The van der Waals surface area contributed by atoms with E-state index >= 15 is 0 Å². The van der Waals surface area contributed by atoms with E-state index in [1.54, 1.807) is 23.5 Å². The Balaban J connectivity index is 2.19. The van der Waals surface area contributed by atoms with Gasteiger partial charge in [0.1, 0.15) is 0 Å². The van der Waals surface area contributed by atoms with Crippen molar-refractivity contribution in [1.29, 1.82) is 0 Å². The Hall–Kier alpha value is -1.16. The van der Waals surface area contributed by atoms with E-state index in [0.717, 1.165) is 19.3 Å². The summed E-state index contributed by atoms with van der Waals surface area (Å²) in [6.07, 6.45) is 2.36. The third-order valence-corrected chi connectivity index (χ3v) is 6.00. The fourth-order valence-corrected chi connectivity index (χ4v) is 4.53. The fraction of sp³-hybridized carbons (Fsp3) is 0.300. The smallest absolute Gasteiger partial charge is 0.0577 e. The van der Waals surface area contributed by atoms with Crippen LogP contribution in [-0.4, -0.2) is 11.2 Å². The number of hydrogen-bond acceptors (Lipinski definition) is 3. The zero-order valence-corrected chi connectivity index (χ0v) is 15.4. The van der Waals surface area contributed by atoms with E-state index in [-0.39, 0.29) is 6.10 Å². The van der Waals surface area contributed by atoms with Gasteiger partial charge in [-0.05, 0) is 44.0 Å². The number of thioether (sulfide) groups is 2. The van der Waals surface area contributed by atoms with E-state index in [4.69, 9.17) is 0 Å². The first-order valence-electron chi connectivity index (χ1n) is 8.02. The van der Waals surface area contributed by atoms with Gasteiger partial charge in [-0.15, -0.1) is 0 Å². The average molecular weight is 345 g/mol. The van der Waals surface area contributed by atoms with Crippen LogP contribution in [0, 0.1) is 0 Å². The molecule has 0 fully saturated rings. The van der Waals surface area contributed by atoms with Crippen LogP contribution in [-0.2, 0) is 0 Å². The third-order valence-electron chi connectivity index (χ3n) is 3.42. The third kappa shape index (κ3) is 6.46. The molecule has 0 saturated heterocycles. The molecule has 0 aromatic heterocycles. The Kier molecular flexibility index (Phi) is 7.80. The molecule has 0 radical (unpaired) electrons. The molecule has 0 aliphatic rings. The highest BCUT2D eigenvalue weighted by atomic mass is 32.2. The van der Waals surface area contributed by atoms with E-state index in [9.17, 15) is 5.11 Å². The summed E-state index contributed by atoms with van der Waals surface area (Å²) in [5.41, 5.74) is 1.26. The molecule has 23 heavy (non-hydrogen) atoms. The summed E-state index contributed by atoms with van der Waals surface area (Å²) in [4.78, 5) is 2.46. The first-order valence-corrected chi connectivity index (χ1v) is 9.66. The van der Waals surface area contributed by atoms with Gasteiger partial charge in [0.15, 0.2) is 0 Å². The normalized spacial score (nSPS) is 12.0. The Morgan fingerprint density at radius 3 is 1.83 bits per heavy atom. The summed E-state index contributed by atoms with van der Waals surface area (Å²) in [6.45, 7) is 4.25. The molecule has 122 valence electrons. The number of aliphatic hydroxyl groups is 1. The van der Waals surface area contributed by atoms with E-state index in [0.29, 0.717) is 0 Å². The molecule has 2 aromatic carbocycles. The van der Waals surface area contributed by atoms with Crippen LogP contribution in [0.3, 0.4) is 0 Å². The molecule has 0 aliphatic heterocycles. The molecule has 0 heterocycles. The lowest BCUT2D eigenvalue weighted by atomic mass is 10.1. The molecule has 0 unspecified atom stereocenters. The van der Waals surface area contributed by atoms with Gasteiger partial charge in [0.05, 0.1) is 6.10 Å². The van der Waals surface area contributed by atoms with E-state index in [2.05, 4.69) is 62.4 Å². The van der Waals surface area contributed by atoms with Gasteiger partial charge in [-0.2, -0.15) is 0 Å². The second-order valence-electron chi connectivity index (χ2n) is 5.54. The molecule has 1 atom stereocenters. The molecule has 0 saturated carbocycles. The van der Waals surface area contributed by atoms with Crippen molar-refractivity contribution in [3.8, 4) is 0 Å². The number of rotatable bonds is 8. The maximum absolute atomic E-state index is 10.1. The van der Waals surface area contributed by atoms with Crippen molar-refractivity contribution in [2.24, 2.45) is 0 Å². The van der Waals surface area contributed by atoms with Crippen molar-refractivity contribution in [2.45, 2.75) is 49.0 Å². The standard InChI is InChI=1S/C20H24OS2/c1-3-10-17(21)15-16(2)20(22-18-11-6-4-7-12-18)23-19-13-8-5-9-14-19/h4-9,11-14,17,21H,3,10,15H2,1-2H3/t17-/m1/s1. The summed E-state index contributed by atoms with van der Waals surface area (Å²) in [6, 6.07) is 20.9. The lowest BCUT2D eigenvalue weighted by Gasteiger charge is -2.15. The fourth-order valence-electron chi connectivity index (χ4n) is 2.26. The van der Waals surface area contributed by atoms with Gasteiger partial charge in [-0.1, -0.05) is 78.8 Å². The highest BCUT2D eigenvalue weighted by Crippen LogP contribution is 2.42. The molecule has 0 amide bonds. The maximum atomic E-state index is 10.1. The maximum Gasteiger partial charge on any atom is 0.0577 e. The van der Waals surface area contributed by atoms with Gasteiger partial charge in [0.25, 0.3) is 0 Å². The molecular weight excluding hydrogens is 320 g/mol. The highest BCUT2D eigenvalue weighted by molar-refractivity contribution is 8.22. The van der Waals surface area contributed by atoms with Gasteiger partial charge < -0.3 is 5.11 Å². The Morgan fingerprint density at radius 1 is 0.913 bits per heavy atom. The lowest BCUT2D eigenvalue weighted by Crippen LogP contribution is -2.06. The van der Waals surface area contributed by atoms with E-state index in [1.165, 1.54) is 19.6 Å². The number of hydrogen-bond donors (Lipinski definition) is 1. The molecule has 1 nitrogen and oxygen atoms in total. The number of benzene rings is 2. The molecule has 2 aromatic rings. The summed E-state index contributed by atoms with van der Waals surface area (Å²) < 4.78 is 1.26. The SMILES string of the molecule is CCC[C@@H](O)CC(C)=C(Sc1ccccc1)Sc1ccccc1. The minimum atomic E-state index is -0.247. The van der Waals surface area contributed by atoms with Crippen molar-refractivity contribution >= 4 is 23.5 Å². The van der Waals surface area contributed by atoms with Gasteiger partial charge >= 0.3 is 0 Å². The van der Waals surface area contributed by atoms with Gasteiger partial charge in [0.2, 0.25) is 0 Å². The first-order chi connectivity index (χ1) is 11.2. The van der Waals surface area contributed by atoms with Crippen molar-refractivity contribution in [3.63, 3.8) is 0 Å². The monoisotopic (exact) mass is 344 g/mol. The average Bonchev–Trinajstić information content (AvgIpc) is 2.56. The molecule has 3 heteroatoms. The van der Waals surface area contributed by atoms with Crippen LogP contribution < -0.4 is 0 Å². The van der Waals surface area contributed by atoms with Crippen LogP contribution >= 0.6 is 23.5 Å². The van der Waals surface area contributed by atoms with Crippen LogP contribution in [0.5, 0.6) is 0 Å². The molecule has 1 N–H and O–H groups in total. The molecule has 0 bridgehead atoms. The second kappa shape index (κ2) is 9.86. The quantitative estimate of drug-likeness (QED) is 0.563. The second-order valence-corrected chi connectivity index (χ2v) is 7.97. The van der Waals surface area contributed by atoms with E-state index in [1.807, 2.05) is 12.1 Å². The summed E-state index contributed by atoms with van der Waals surface area (Å²) >= 11 is 3.57. The Bertz CT molecular complexity index is 565. The predicted octanol–water partition coefficient (Wildman–Crippen LogP) is 6.35. The van der Waals surface area contributed by atoms with Crippen LogP contribution in [0.2, 0.25) is 0 Å². The largest absolute Gasteiger partial charge is 0.393 e. The Labute approximate surface area is 148 Å². The summed E-state index contributed by atoms with van der Waals surface area (Å²) in [7, 11) is 0. The van der Waals surface area contributed by atoms with Crippen molar-refractivity contribution in [3.05, 3.63) is 70.5 Å². The van der Waals surface area contributed by atoms with Gasteiger partial charge in [-0.3, -0.25) is 0 Å². The Morgan fingerprint density at radius 2 is 1.39 bits per heavy atom. The van der Waals surface area contributed by atoms with Crippen molar-refractivity contribution in [1.82, 2.24) is 0 Å². The first kappa shape index (κ1) is 18.2. The van der Waals surface area contributed by atoms with E-state index < -0.39 is 0 Å². The van der Waals surface area contributed by atoms with Gasteiger partial charge in [0, 0.05) is 14.0 Å². The van der Waals surface area contributed by atoms with Crippen LogP contribution in [0.1, 0.15) is 33.1 Å². The minimum Gasteiger partial charge on any atom is -0.393 e. The van der Waals surface area contributed by atoms with Crippen LogP contribution in [0.4, 0.5) is 0 Å². The zero-order chi connectivity index (χ0) is 16.5. The molecule has 0 spiro atoms. The molecular formula is C20H24OS2. The number of aliphatic hydroxyl groups excluding tert-OH is 1. The molecule has 0 aliphatic carbocycles. The topological polar surface area (TPSA) is 20.2 Å². The molecule has 2 rings (SSSR count). The van der Waals surface area contributed by atoms with Crippen molar-refractivity contribution < 1.29 is 5.11 Å².